The van der Waals surface area contributed by atoms with Crippen molar-refractivity contribution in [3.05, 3.63) is 41.7 Å². The van der Waals surface area contributed by atoms with Crippen molar-refractivity contribution < 1.29 is 0 Å². The van der Waals surface area contributed by atoms with E-state index in [9.17, 15) is 0 Å². The second-order valence-corrected chi connectivity index (χ2v) is 3.43. The highest BCUT2D eigenvalue weighted by Gasteiger charge is 1.98. The number of aromatic nitrogens is 2. The Bertz CT molecular complexity index is 419. The Morgan fingerprint density at radius 2 is 2.00 bits per heavy atom. The first-order valence-electron chi connectivity index (χ1n) is 4.25. The molecule has 1 N–H and O–H groups in total. The van der Waals surface area contributed by atoms with E-state index in [4.69, 9.17) is 11.6 Å². The summed E-state index contributed by atoms with van der Waals surface area (Å²) in [5.41, 5.74) is 0.976. The number of imidazole rings is 1. The van der Waals surface area contributed by atoms with E-state index in [1.807, 2.05) is 42.1 Å². The van der Waals surface area contributed by atoms with Gasteiger partial charge in [-0.2, -0.15) is 0 Å². The average Bonchev–Trinajstić information content (AvgIpc) is 2.56. The second-order valence-electron chi connectivity index (χ2n) is 2.99. The lowest BCUT2D eigenvalue weighted by atomic mass is 10.3. The van der Waals surface area contributed by atoms with Gasteiger partial charge in [0.05, 0.1) is 0 Å². The Balaban J connectivity index is 2.19. The van der Waals surface area contributed by atoms with Gasteiger partial charge < -0.3 is 9.88 Å². The van der Waals surface area contributed by atoms with E-state index in [1.54, 1.807) is 6.20 Å². The van der Waals surface area contributed by atoms with E-state index < -0.39 is 0 Å². The monoisotopic (exact) mass is 207 g/mol. The van der Waals surface area contributed by atoms with Crippen LogP contribution >= 0.6 is 11.6 Å². The fraction of sp³-hybridized carbons (Fsp3) is 0.100. The third kappa shape index (κ3) is 1.88. The lowest BCUT2D eigenvalue weighted by Crippen LogP contribution is -1.97. The lowest BCUT2D eigenvalue weighted by molar-refractivity contribution is 0.924. The van der Waals surface area contributed by atoms with Gasteiger partial charge in [-0.25, -0.2) is 4.98 Å². The van der Waals surface area contributed by atoms with E-state index >= 15 is 0 Å². The van der Waals surface area contributed by atoms with Crippen molar-refractivity contribution in [1.82, 2.24) is 9.55 Å². The summed E-state index contributed by atoms with van der Waals surface area (Å²) in [6.07, 6.45) is 3.64. The number of nitrogens with zero attached hydrogens (tertiary/aromatic N) is 2. The van der Waals surface area contributed by atoms with Crippen molar-refractivity contribution >= 4 is 23.2 Å². The summed E-state index contributed by atoms with van der Waals surface area (Å²) in [5.74, 6) is 0.812. The molecule has 0 amide bonds. The standard InChI is InChI=1S/C10H10ClN3/c1-14-7-6-12-10(14)13-9-4-2-8(11)3-5-9/h2-7H,1H3,(H,12,13). The first-order valence-corrected chi connectivity index (χ1v) is 4.63. The van der Waals surface area contributed by atoms with E-state index in [-0.39, 0.29) is 0 Å². The van der Waals surface area contributed by atoms with Gasteiger partial charge in [-0.15, -0.1) is 0 Å². The Morgan fingerprint density at radius 1 is 1.29 bits per heavy atom. The van der Waals surface area contributed by atoms with Crippen LogP contribution in [0.2, 0.25) is 5.02 Å². The normalized spacial score (nSPS) is 10.1. The van der Waals surface area contributed by atoms with Crippen molar-refractivity contribution in [2.45, 2.75) is 0 Å². The molecule has 72 valence electrons. The molecular weight excluding hydrogens is 198 g/mol. The highest BCUT2D eigenvalue weighted by atomic mass is 35.5. The Labute approximate surface area is 87.3 Å². The molecule has 3 nitrogen and oxygen atoms in total. The van der Waals surface area contributed by atoms with E-state index in [0.717, 1.165) is 16.7 Å². The quantitative estimate of drug-likeness (QED) is 0.821. The molecule has 0 aliphatic heterocycles. The predicted octanol–water partition coefficient (Wildman–Crippen LogP) is 2.82. The molecule has 0 fully saturated rings. The first kappa shape index (κ1) is 9.09. The minimum Gasteiger partial charge on any atom is -0.326 e. The van der Waals surface area contributed by atoms with Gasteiger partial charge in [0.25, 0.3) is 0 Å². The number of nitrogens with one attached hydrogen (secondary N) is 1. The van der Waals surface area contributed by atoms with Gasteiger partial charge in [0.15, 0.2) is 0 Å². The number of rotatable bonds is 2. The molecule has 0 unspecified atom stereocenters. The van der Waals surface area contributed by atoms with Crippen LogP contribution < -0.4 is 5.32 Å². The van der Waals surface area contributed by atoms with Crippen molar-refractivity contribution in [1.29, 1.82) is 0 Å². The van der Waals surface area contributed by atoms with Gasteiger partial charge in [0, 0.05) is 30.2 Å². The number of benzene rings is 1. The van der Waals surface area contributed by atoms with Crippen LogP contribution in [0.25, 0.3) is 0 Å². The van der Waals surface area contributed by atoms with E-state index in [1.165, 1.54) is 0 Å². The van der Waals surface area contributed by atoms with Crippen LogP contribution in [0.15, 0.2) is 36.7 Å². The zero-order chi connectivity index (χ0) is 9.97. The summed E-state index contributed by atoms with van der Waals surface area (Å²) < 4.78 is 1.91. The molecule has 0 radical (unpaired) electrons. The fourth-order valence-corrected chi connectivity index (χ4v) is 1.27. The molecule has 0 atom stereocenters. The highest BCUT2D eigenvalue weighted by Crippen LogP contribution is 2.16. The number of halogens is 1. The topological polar surface area (TPSA) is 29.9 Å². The predicted molar refractivity (Wildman–Crippen MR) is 57.9 cm³/mol. The van der Waals surface area contributed by atoms with Crippen LogP contribution in [0.3, 0.4) is 0 Å². The molecule has 4 heteroatoms. The largest absolute Gasteiger partial charge is 0.326 e. The van der Waals surface area contributed by atoms with Crippen LogP contribution in [0.1, 0.15) is 0 Å². The smallest absolute Gasteiger partial charge is 0.207 e. The summed E-state index contributed by atoms with van der Waals surface area (Å²) in [4.78, 5) is 4.15. The lowest BCUT2D eigenvalue weighted by Gasteiger charge is -2.05. The Hall–Kier alpha value is -1.48. The zero-order valence-electron chi connectivity index (χ0n) is 7.74. The number of aryl methyl sites for hydroxylation is 1. The van der Waals surface area contributed by atoms with Crippen LogP contribution in [0.4, 0.5) is 11.6 Å². The number of anilines is 2. The Morgan fingerprint density at radius 3 is 2.57 bits per heavy atom. The van der Waals surface area contributed by atoms with E-state index in [0.29, 0.717) is 0 Å². The molecule has 14 heavy (non-hydrogen) atoms. The molecule has 1 heterocycles. The molecule has 0 bridgehead atoms. The molecule has 0 spiro atoms. The van der Waals surface area contributed by atoms with Crippen molar-refractivity contribution in [3.63, 3.8) is 0 Å². The minimum absolute atomic E-state index is 0.732. The van der Waals surface area contributed by atoms with Gasteiger partial charge >= 0.3 is 0 Å². The van der Waals surface area contributed by atoms with Crippen molar-refractivity contribution in [2.24, 2.45) is 7.05 Å². The Kier molecular flexibility index (Phi) is 2.41. The number of hydrogen-bond donors (Lipinski definition) is 1. The molecule has 1 aromatic heterocycles. The van der Waals surface area contributed by atoms with Crippen LogP contribution in [0, 0.1) is 0 Å². The molecular formula is C10H10ClN3. The maximum absolute atomic E-state index is 5.78. The highest BCUT2D eigenvalue weighted by molar-refractivity contribution is 6.30. The molecule has 1 aromatic carbocycles. The van der Waals surface area contributed by atoms with Gasteiger partial charge in [0.1, 0.15) is 0 Å². The van der Waals surface area contributed by atoms with Gasteiger partial charge in [-0.1, -0.05) is 11.6 Å². The second kappa shape index (κ2) is 3.72. The molecule has 0 aliphatic carbocycles. The van der Waals surface area contributed by atoms with E-state index in [2.05, 4.69) is 10.3 Å². The summed E-state index contributed by atoms with van der Waals surface area (Å²) in [5, 5.41) is 3.90. The van der Waals surface area contributed by atoms with Gasteiger partial charge in [0.2, 0.25) is 5.95 Å². The molecule has 0 saturated heterocycles. The molecule has 2 aromatic rings. The summed E-state index contributed by atoms with van der Waals surface area (Å²) in [6.45, 7) is 0. The molecule has 2 rings (SSSR count). The fourth-order valence-electron chi connectivity index (χ4n) is 1.15. The molecule has 0 saturated carbocycles. The van der Waals surface area contributed by atoms with Gasteiger partial charge in [-0.05, 0) is 24.3 Å². The van der Waals surface area contributed by atoms with Crippen molar-refractivity contribution in [2.75, 3.05) is 5.32 Å². The van der Waals surface area contributed by atoms with Crippen molar-refractivity contribution in [3.8, 4) is 0 Å². The van der Waals surface area contributed by atoms with Crippen LogP contribution in [0.5, 0.6) is 0 Å². The van der Waals surface area contributed by atoms with Crippen LogP contribution in [-0.4, -0.2) is 9.55 Å². The van der Waals surface area contributed by atoms with Gasteiger partial charge in [-0.3, -0.25) is 0 Å². The zero-order valence-corrected chi connectivity index (χ0v) is 8.49. The maximum atomic E-state index is 5.78. The third-order valence-electron chi connectivity index (χ3n) is 1.92. The minimum atomic E-state index is 0.732. The summed E-state index contributed by atoms with van der Waals surface area (Å²) >= 11 is 5.78. The SMILES string of the molecule is Cn1ccnc1Nc1ccc(Cl)cc1. The average molecular weight is 208 g/mol. The molecule has 0 aliphatic rings. The summed E-state index contributed by atoms with van der Waals surface area (Å²) in [6, 6.07) is 7.51. The first-order chi connectivity index (χ1) is 6.75. The summed E-state index contributed by atoms with van der Waals surface area (Å²) in [7, 11) is 1.94. The van der Waals surface area contributed by atoms with Crippen LogP contribution in [-0.2, 0) is 7.05 Å². The maximum Gasteiger partial charge on any atom is 0.207 e. The number of hydrogen-bond acceptors (Lipinski definition) is 2. The third-order valence-corrected chi connectivity index (χ3v) is 2.17.